The van der Waals surface area contributed by atoms with Crippen LogP contribution in [-0.2, 0) is 0 Å². The third-order valence-electron chi connectivity index (χ3n) is 6.08. The van der Waals surface area contributed by atoms with E-state index in [2.05, 4.69) is 67.5 Å². The number of aromatic nitrogens is 2. The molecule has 0 saturated carbocycles. The summed E-state index contributed by atoms with van der Waals surface area (Å²) in [6.07, 6.45) is 3.80. The highest BCUT2D eigenvalue weighted by atomic mass is 79.9. The summed E-state index contributed by atoms with van der Waals surface area (Å²) in [6, 6.07) is 11.6. The molecule has 2 heterocycles. The normalized spacial score (nSPS) is 14.6. The molecular weight excluding hydrogens is 518 g/mol. The Morgan fingerprint density at radius 3 is 2.68 bits per heavy atom. The number of rotatable bonds is 6. The van der Waals surface area contributed by atoms with E-state index in [-0.39, 0.29) is 11.4 Å². The van der Waals surface area contributed by atoms with E-state index in [1.165, 1.54) is 37.3 Å². The van der Waals surface area contributed by atoms with Crippen LogP contribution in [0.25, 0.3) is 0 Å². The molecule has 1 aliphatic heterocycles. The van der Waals surface area contributed by atoms with Gasteiger partial charge in [0.15, 0.2) is 0 Å². The Labute approximate surface area is 213 Å². The Morgan fingerprint density at radius 2 is 2.00 bits per heavy atom. The van der Waals surface area contributed by atoms with Gasteiger partial charge in [0.25, 0.3) is 5.91 Å². The molecule has 2 aromatic carbocycles. The molecule has 0 aliphatic carbocycles. The maximum atomic E-state index is 12.8. The van der Waals surface area contributed by atoms with E-state index in [0.717, 1.165) is 18.8 Å². The van der Waals surface area contributed by atoms with Gasteiger partial charge in [-0.3, -0.25) is 4.79 Å². The number of anilines is 3. The second kappa shape index (κ2) is 10.7. The number of hydrogen-bond acceptors (Lipinski definition) is 6. The molecule has 4 rings (SSSR count). The molecule has 0 radical (unpaired) electrons. The number of para-hydroxylation sites is 1. The van der Waals surface area contributed by atoms with Gasteiger partial charge >= 0.3 is 0 Å². The summed E-state index contributed by atoms with van der Waals surface area (Å²) in [6.45, 7) is 4.40. The van der Waals surface area contributed by atoms with Gasteiger partial charge in [-0.15, -0.1) is 0 Å². The number of benzene rings is 2. The maximum absolute atomic E-state index is 12.8. The Kier molecular flexibility index (Phi) is 7.70. The molecule has 0 bridgehead atoms. The van der Waals surface area contributed by atoms with E-state index in [9.17, 15) is 4.79 Å². The van der Waals surface area contributed by atoms with Crippen LogP contribution in [-0.4, -0.2) is 48.0 Å². The molecule has 9 heteroatoms. The van der Waals surface area contributed by atoms with Crippen LogP contribution in [0.3, 0.4) is 0 Å². The second-order valence-corrected chi connectivity index (χ2v) is 9.70. The molecule has 1 aromatic heterocycles. The fourth-order valence-corrected chi connectivity index (χ4v) is 5.00. The molecule has 1 aliphatic rings. The van der Waals surface area contributed by atoms with Crippen molar-refractivity contribution in [1.29, 1.82) is 0 Å². The van der Waals surface area contributed by atoms with Crippen molar-refractivity contribution in [2.24, 2.45) is 0 Å². The third kappa shape index (κ3) is 5.51. The molecular formula is C25H27BrClN5O2. The number of carbonyl (C=O) groups excluding carboxylic acids is 1. The smallest absolute Gasteiger partial charge is 0.262 e. The Bertz CT molecular complexity index is 1180. The van der Waals surface area contributed by atoms with Crippen molar-refractivity contribution in [2.75, 3.05) is 37.9 Å². The van der Waals surface area contributed by atoms with E-state index in [1.54, 1.807) is 18.2 Å². The number of hydrogen-bond donors (Lipinski definition) is 2. The first-order chi connectivity index (χ1) is 16.4. The maximum Gasteiger partial charge on any atom is 0.262 e. The number of piperidine rings is 1. The molecule has 1 amide bonds. The van der Waals surface area contributed by atoms with Crippen molar-refractivity contribution in [1.82, 2.24) is 14.9 Å². The lowest BCUT2D eigenvalue weighted by molar-refractivity contribution is 0.102. The fourth-order valence-electron chi connectivity index (χ4n) is 4.20. The number of aryl methyl sites for hydroxylation is 1. The molecule has 0 spiro atoms. The monoisotopic (exact) mass is 543 g/mol. The minimum absolute atomic E-state index is 0.165. The summed E-state index contributed by atoms with van der Waals surface area (Å²) in [5.74, 6) is 0.685. The first-order valence-corrected chi connectivity index (χ1v) is 12.3. The van der Waals surface area contributed by atoms with Crippen LogP contribution in [0.15, 0.2) is 47.1 Å². The van der Waals surface area contributed by atoms with Gasteiger partial charge in [0.1, 0.15) is 5.56 Å². The van der Waals surface area contributed by atoms with Gasteiger partial charge in [0.05, 0.1) is 17.8 Å². The van der Waals surface area contributed by atoms with Gasteiger partial charge < -0.3 is 20.3 Å². The van der Waals surface area contributed by atoms with Crippen molar-refractivity contribution in [3.63, 3.8) is 0 Å². The number of amides is 1. The number of likely N-dealkylation sites (tertiary alicyclic amines) is 1. The number of halogens is 2. The minimum atomic E-state index is -0.421. The second-order valence-electron chi connectivity index (χ2n) is 8.44. The quantitative estimate of drug-likeness (QED) is 0.395. The Balaban J connectivity index is 1.49. The van der Waals surface area contributed by atoms with Crippen LogP contribution in [0.1, 0.15) is 40.2 Å². The fraction of sp³-hybridized carbons (Fsp3) is 0.320. The van der Waals surface area contributed by atoms with Crippen molar-refractivity contribution >= 4 is 50.8 Å². The number of methoxy groups -OCH3 is 1. The lowest BCUT2D eigenvalue weighted by atomic mass is 9.87. The summed E-state index contributed by atoms with van der Waals surface area (Å²) in [5, 5.41) is 6.42. The predicted octanol–water partition coefficient (Wildman–Crippen LogP) is 6.01. The van der Waals surface area contributed by atoms with E-state index < -0.39 is 5.91 Å². The average molecular weight is 545 g/mol. The molecule has 7 nitrogen and oxygen atoms in total. The molecule has 2 N–H and O–H groups in total. The summed E-state index contributed by atoms with van der Waals surface area (Å²) in [5.41, 5.74) is 4.20. The molecule has 0 atom stereocenters. The molecule has 1 saturated heterocycles. The van der Waals surface area contributed by atoms with Crippen LogP contribution in [0.4, 0.5) is 17.3 Å². The van der Waals surface area contributed by atoms with Gasteiger partial charge in [-0.25, -0.2) is 4.98 Å². The number of carbonyl (C=O) groups is 1. The first kappa shape index (κ1) is 24.4. The summed E-state index contributed by atoms with van der Waals surface area (Å²) >= 11 is 9.61. The van der Waals surface area contributed by atoms with Crippen LogP contribution >= 0.6 is 27.5 Å². The molecule has 34 heavy (non-hydrogen) atoms. The summed E-state index contributed by atoms with van der Waals surface area (Å²) < 4.78 is 6.05. The zero-order valence-electron chi connectivity index (χ0n) is 19.4. The highest BCUT2D eigenvalue weighted by Crippen LogP contribution is 2.33. The van der Waals surface area contributed by atoms with Gasteiger partial charge in [-0.2, -0.15) is 4.98 Å². The van der Waals surface area contributed by atoms with Crippen molar-refractivity contribution < 1.29 is 9.53 Å². The largest absolute Gasteiger partial charge is 0.480 e. The lowest BCUT2D eigenvalue weighted by Crippen LogP contribution is -2.29. The van der Waals surface area contributed by atoms with E-state index in [1.807, 2.05) is 6.07 Å². The topological polar surface area (TPSA) is 79.4 Å². The lowest BCUT2D eigenvalue weighted by Gasteiger charge is -2.30. The number of nitrogens with zero attached hydrogens (tertiary/aromatic N) is 3. The molecule has 0 unspecified atom stereocenters. The number of nitrogens with one attached hydrogen (secondary N) is 2. The number of ether oxygens (including phenoxy) is 1. The van der Waals surface area contributed by atoms with Crippen LogP contribution in [0.5, 0.6) is 5.88 Å². The first-order valence-electron chi connectivity index (χ1n) is 11.1. The highest BCUT2D eigenvalue weighted by Gasteiger charge is 2.21. The zero-order valence-corrected chi connectivity index (χ0v) is 21.7. The van der Waals surface area contributed by atoms with Gasteiger partial charge in [0, 0.05) is 16.4 Å². The molecule has 178 valence electrons. The van der Waals surface area contributed by atoms with Crippen LogP contribution in [0.2, 0.25) is 5.02 Å². The average Bonchev–Trinajstić information content (AvgIpc) is 2.82. The van der Waals surface area contributed by atoms with E-state index >= 15 is 0 Å². The standard InChI is InChI=1S/C25H27BrClN5O2/c1-15-13-17(7-8-18(15)16-9-11-32(2)12-10-16)29-25-28-14-19(24(31-25)34-3)23(33)30-22-20(26)5-4-6-21(22)27/h4-8,13-14,16H,9-12H2,1-3H3,(H,30,33)(H,28,29,31). The molecule has 1 fully saturated rings. The van der Waals surface area contributed by atoms with Gasteiger partial charge in [-0.05, 0) is 97.1 Å². The van der Waals surface area contributed by atoms with Crippen LogP contribution < -0.4 is 15.4 Å². The Hall–Kier alpha value is -2.68. The van der Waals surface area contributed by atoms with Crippen LogP contribution in [0, 0.1) is 6.92 Å². The Morgan fingerprint density at radius 1 is 1.24 bits per heavy atom. The van der Waals surface area contributed by atoms with Crippen molar-refractivity contribution in [3.8, 4) is 5.88 Å². The SMILES string of the molecule is COc1nc(Nc2ccc(C3CCN(C)CC3)c(C)c2)ncc1C(=O)Nc1c(Cl)cccc1Br. The summed E-state index contributed by atoms with van der Waals surface area (Å²) in [4.78, 5) is 23.9. The zero-order chi connectivity index (χ0) is 24.2. The van der Waals surface area contributed by atoms with E-state index in [0.29, 0.717) is 27.0 Å². The van der Waals surface area contributed by atoms with Gasteiger partial charge in [-0.1, -0.05) is 23.7 Å². The van der Waals surface area contributed by atoms with Gasteiger partial charge in [0.2, 0.25) is 11.8 Å². The molecule has 3 aromatic rings. The highest BCUT2D eigenvalue weighted by molar-refractivity contribution is 9.10. The minimum Gasteiger partial charge on any atom is -0.480 e. The predicted molar refractivity (Wildman–Crippen MR) is 140 cm³/mol. The van der Waals surface area contributed by atoms with Crippen molar-refractivity contribution in [2.45, 2.75) is 25.7 Å². The van der Waals surface area contributed by atoms with Crippen molar-refractivity contribution in [3.05, 3.63) is 68.8 Å². The third-order valence-corrected chi connectivity index (χ3v) is 7.05. The summed E-state index contributed by atoms with van der Waals surface area (Å²) in [7, 11) is 3.64. The van der Waals surface area contributed by atoms with E-state index in [4.69, 9.17) is 16.3 Å².